The van der Waals surface area contributed by atoms with Gasteiger partial charge in [0, 0.05) is 6.54 Å². The Balaban J connectivity index is 2.12. The molecule has 1 aromatic rings. The second kappa shape index (κ2) is 4.33. The van der Waals surface area contributed by atoms with Crippen molar-refractivity contribution in [2.24, 2.45) is 0 Å². The van der Waals surface area contributed by atoms with Crippen LogP contribution in [0.1, 0.15) is 0 Å². The maximum atomic E-state index is 6.10. The number of hydrogen-bond donors (Lipinski definition) is 0. The summed E-state index contributed by atoms with van der Waals surface area (Å²) >= 11 is 7.63. The number of alkyl halides is 1. The minimum absolute atomic E-state index is 0.125. The van der Waals surface area contributed by atoms with Crippen molar-refractivity contribution in [3.63, 3.8) is 0 Å². The molecule has 1 unspecified atom stereocenters. The summed E-state index contributed by atoms with van der Waals surface area (Å²) in [4.78, 5) is 6.31. The largest absolute Gasteiger partial charge is 0.480 e. The third kappa shape index (κ3) is 1.94. The maximum Gasteiger partial charge on any atom is 0.226 e. The predicted octanol–water partition coefficient (Wildman–Crippen LogP) is 1.55. The van der Waals surface area contributed by atoms with E-state index in [4.69, 9.17) is 21.1 Å². The number of ether oxygens (including phenoxy) is 2. The summed E-state index contributed by atoms with van der Waals surface area (Å²) in [6, 6.07) is 0. The van der Waals surface area contributed by atoms with Gasteiger partial charge in [-0.2, -0.15) is 4.98 Å². The zero-order chi connectivity index (χ0) is 9.97. The van der Waals surface area contributed by atoms with Crippen molar-refractivity contribution in [1.82, 2.24) is 4.98 Å². The molecule has 1 fully saturated rings. The summed E-state index contributed by atoms with van der Waals surface area (Å²) in [5.41, 5.74) is -0.125. The first kappa shape index (κ1) is 10.0. The van der Waals surface area contributed by atoms with Gasteiger partial charge in [0.05, 0.1) is 25.7 Å². The Morgan fingerprint density at radius 1 is 1.79 bits per heavy atom. The summed E-state index contributed by atoms with van der Waals surface area (Å²) in [5.74, 6) is 0.639. The number of hydrogen-bond acceptors (Lipinski definition) is 5. The van der Waals surface area contributed by atoms with E-state index in [1.54, 1.807) is 7.11 Å². The first-order chi connectivity index (χ1) is 6.81. The molecule has 0 radical (unpaired) electrons. The van der Waals surface area contributed by atoms with Crippen LogP contribution in [0.3, 0.4) is 0 Å². The lowest BCUT2D eigenvalue weighted by molar-refractivity contribution is 0.113. The number of methoxy groups -OCH3 is 1. The molecule has 78 valence electrons. The fraction of sp³-hybridized carbons (Fsp3) is 0.625. The summed E-state index contributed by atoms with van der Waals surface area (Å²) in [6.07, 6.45) is 0. The van der Waals surface area contributed by atoms with Gasteiger partial charge in [-0.15, -0.1) is 11.3 Å². The van der Waals surface area contributed by atoms with Crippen LogP contribution in [0.5, 0.6) is 5.88 Å². The fourth-order valence-corrected chi connectivity index (χ4v) is 2.45. The van der Waals surface area contributed by atoms with Crippen LogP contribution in [0, 0.1) is 0 Å². The van der Waals surface area contributed by atoms with Crippen LogP contribution >= 0.6 is 22.9 Å². The van der Waals surface area contributed by atoms with Gasteiger partial charge in [-0.3, -0.25) is 0 Å². The van der Waals surface area contributed by atoms with Gasteiger partial charge in [0.25, 0.3) is 0 Å². The van der Waals surface area contributed by atoms with Crippen molar-refractivity contribution in [1.29, 1.82) is 0 Å². The van der Waals surface area contributed by atoms with Crippen LogP contribution in [-0.4, -0.2) is 37.4 Å². The Bertz CT molecular complexity index is 307. The second-order valence-corrected chi connectivity index (χ2v) is 4.22. The van der Waals surface area contributed by atoms with Crippen molar-refractivity contribution >= 4 is 28.1 Å². The van der Waals surface area contributed by atoms with Gasteiger partial charge in [0.1, 0.15) is 5.50 Å². The number of aromatic nitrogens is 1. The Hall–Kier alpha value is -0.520. The second-order valence-electron chi connectivity index (χ2n) is 2.88. The quantitative estimate of drug-likeness (QED) is 0.575. The minimum atomic E-state index is -0.125. The normalized spacial score (nSPS) is 22.4. The summed E-state index contributed by atoms with van der Waals surface area (Å²) in [7, 11) is 1.61. The molecule has 1 aliphatic heterocycles. The monoisotopic (exact) mass is 234 g/mol. The van der Waals surface area contributed by atoms with Crippen LogP contribution in [0.2, 0.25) is 0 Å². The van der Waals surface area contributed by atoms with Crippen LogP contribution in [0.25, 0.3) is 0 Å². The molecule has 2 rings (SSSR count). The van der Waals surface area contributed by atoms with Crippen molar-refractivity contribution in [2.75, 3.05) is 31.8 Å². The lowest BCUT2D eigenvalue weighted by atomic mass is 10.4. The number of nitrogens with zero attached hydrogens (tertiary/aromatic N) is 2. The Labute approximate surface area is 91.4 Å². The molecule has 1 saturated heterocycles. The molecule has 14 heavy (non-hydrogen) atoms. The van der Waals surface area contributed by atoms with Gasteiger partial charge in [-0.25, -0.2) is 0 Å². The summed E-state index contributed by atoms with van der Waals surface area (Å²) in [6.45, 7) is 2.03. The molecule has 1 atom stereocenters. The zero-order valence-electron chi connectivity index (χ0n) is 7.77. The third-order valence-corrected chi connectivity index (χ3v) is 3.21. The molecule has 0 aliphatic carbocycles. The van der Waals surface area contributed by atoms with Crippen LogP contribution in [0.4, 0.5) is 5.13 Å². The molecule has 0 amide bonds. The molecule has 2 heterocycles. The van der Waals surface area contributed by atoms with Crippen molar-refractivity contribution < 1.29 is 9.47 Å². The van der Waals surface area contributed by atoms with Gasteiger partial charge in [0.2, 0.25) is 5.88 Å². The topological polar surface area (TPSA) is 34.6 Å². The van der Waals surface area contributed by atoms with Crippen molar-refractivity contribution in [3.8, 4) is 5.88 Å². The van der Waals surface area contributed by atoms with Gasteiger partial charge in [0.15, 0.2) is 5.13 Å². The Kier molecular flexibility index (Phi) is 3.10. The lowest BCUT2D eigenvalue weighted by Crippen LogP contribution is -2.42. The molecule has 0 spiro atoms. The fourth-order valence-electron chi connectivity index (χ4n) is 1.26. The van der Waals surface area contributed by atoms with Crippen LogP contribution in [0.15, 0.2) is 5.38 Å². The molecule has 0 N–H and O–H groups in total. The standard InChI is InChI=1S/C8H11ClN2O2S/c1-12-7-5-14-8(10-7)11-2-3-13-4-6(11)9/h5-6H,2-4H2,1H3. The summed E-state index contributed by atoms with van der Waals surface area (Å²) < 4.78 is 10.3. The average Bonchev–Trinajstić information content (AvgIpc) is 2.67. The first-order valence-corrected chi connectivity index (χ1v) is 5.61. The number of halogens is 1. The highest BCUT2D eigenvalue weighted by molar-refractivity contribution is 7.14. The molecule has 1 aliphatic rings. The lowest BCUT2D eigenvalue weighted by Gasteiger charge is -2.31. The van der Waals surface area contributed by atoms with E-state index in [2.05, 4.69) is 4.98 Å². The Morgan fingerprint density at radius 3 is 3.29 bits per heavy atom. The maximum absolute atomic E-state index is 6.10. The van der Waals surface area contributed by atoms with E-state index in [-0.39, 0.29) is 5.50 Å². The third-order valence-electron chi connectivity index (χ3n) is 2.00. The molecule has 1 aromatic heterocycles. The van der Waals surface area contributed by atoms with Crippen molar-refractivity contribution in [2.45, 2.75) is 5.50 Å². The molecular formula is C8H11ClN2O2S. The number of anilines is 1. The highest BCUT2D eigenvalue weighted by Crippen LogP contribution is 2.28. The van der Waals surface area contributed by atoms with E-state index in [0.29, 0.717) is 19.1 Å². The Morgan fingerprint density at radius 2 is 2.64 bits per heavy atom. The molecule has 4 nitrogen and oxygen atoms in total. The van der Waals surface area contributed by atoms with Gasteiger partial charge in [-0.1, -0.05) is 11.6 Å². The molecule has 0 bridgehead atoms. The highest BCUT2D eigenvalue weighted by Gasteiger charge is 2.23. The minimum Gasteiger partial charge on any atom is -0.480 e. The predicted molar refractivity (Wildman–Crippen MR) is 56.5 cm³/mol. The van der Waals surface area contributed by atoms with E-state index in [1.807, 2.05) is 10.3 Å². The smallest absolute Gasteiger partial charge is 0.226 e. The van der Waals surface area contributed by atoms with Gasteiger partial charge >= 0.3 is 0 Å². The molecule has 0 saturated carbocycles. The van der Waals surface area contributed by atoms with E-state index >= 15 is 0 Å². The number of thiazole rings is 1. The van der Waals surface area contributed by atoms with E-state index in [0.717, 1.165) is 11.7 Å². The summed E-state index contributed by atoms with van der Waals surface area (Å²) in [5, 5.41) is 2.76. The molecular weight excluding hydrogens is 224 g/mol. The number of rotatable bonds is 2. The van der Waals surface area contributed by atoms with Crippen molar-refractivity contribution in [3.05, 3.63) is 5.38 Å². The average molecular weight is 235 g/mol. The van der Waals surface area contributed by atoms with E-state index < -0.39 is 0 Å². The van der Waals surface area contributed by atoms with E-state index in [9.17, 15) is 0 Å². The highest BCUT2D eigenvalue weighted by atomic mass is 35.5. The van der Waals surface area contributed by atoms with Gasteiger partial charge < -0.3 is 14.4 Å². The SMILES string of the molecule is COc1csc(N2CCOCC2Cl)n1. The number of morpholine rings is 1. The first-order valence-electron chi connectivity index (χ1n) is 4.29. The zero-order valence-corrected chi connectivity index (χ0v) is 9.35. The van der Waals surface area contributed by atoms with E-state index in [1.165, 1.54) is 11.3 Å². The van der Waals surface area contributed by atoms with Crippen LogP contribution < -0.4 is 9.64 Å². The van der Waals surface area contributed by atoms with Crippen LogP contribution in [-0.2, 0) is 4.74 Å². The molecule has 6 heteroatoms. The molecule has 0 aromatic carbocycles. The van der Waals surface area contributed by atoms with Gasteiger partial charge in [-0.05, 0) is 0 Å².